The van der Waals surface area contributed by atoms with Gasteiger partial charge >= 0.3 is 0 Å². The molecule has 0 fully saturated rings. The number of aliphatic hydroxyl groups excluding tert-OH is 1. The number of amides is 1. The first-order valence-electron chi connectivity index (χ1n) is 7.56. The highest BCUT2D eigenvalue weighted by Crippen LogP contribution is 2.32. The Kier molecular flexibility index (Phi) is 5.40. The molecule has 0 atom stereocenters. The van der Waals surface area contributed by atoms with E-state index in [0.29, 0.717) is 28.5 Å². The summed E-state index contributed by atoms with van der Waals surface area (Å²) < 4.78 is 11.8. The molecule has 1 amide bonds. The average molecular weight is 449 g/mol. The second-order valence-corrected chi connectivity index (χ2v) is 6.44. The van der Waals surface area contributed by atoms with Gasteiger partial charge in [-0.2, -0.15) is 0 Å². The van der Waals surface area contributed by atoms with Gasteiger partial charge in [0, 0.05) is 9.13 Å². The normalized spacial score (nSPS) is 10.5. The van der Waals surface area contributed by atoms with Gasteiger partial charge in [-0.1, -0.05) is 12.1 Å². The van der Waals surface area contributed by atoms with E-state index in [9.17, 15) is 4.79 Å². The van der Waals surface area contributed by atoms with Crippen molar-refractivity contribution in [2.75, 3.05) is 12.4 Å². The van der Waals surface area contributed by atoms with Crippen LogP contribution in [0.25, 0.3) is 11.3 Å². The van der Waals surface area contributed by atoms with Crippen LogP contribution >= 0.6 is 22.6 Å². The van der Waals surface area contributed by atoms with Crippen LogP contribution < -0.4 is 10.1 Å². The number of benzene rings is 2. The van der Waals surface area contributed by atoms with Crippen molar-refractivity contribution in [2.45, 2.75) is 6.61 Å². The first-order chi connectivity index (χ1) is 12.1. The highest BCUT2D eigenvalue weighted by atomic mass is 127. The van der Waals surface area contributed by atoms with E-state index in [4.69, 9.17) is 14.3 Å². The van der Waals surface area contributed by atoms with Crippen molar-refractivity contribution >= 4 is 34.2 Å². The van der Waals surface area contributed by atoms with Gasteiger partial charge in [-0.15, -0.1) is 0 Å². The summed E-state index contributed by atoms with van der Waals surface area (Å²) in [6, 6.07) is 16.2. The molecule has 0 aliphatic heterocycles. The fraction of sp³-hybridized carbons (Fsp3) is 0.105. The van der Waals surface area contributed by atoms with Crippen LogP contribution in [0.3, 0.4) is 0 Å². The number of ether oxygens (including phenoxy) is 1. The minimum absolute atomic E-state index is 0.161. The standard InChI is InChI=1S/C19H16INO4/c1-24-18-8-6-12(17-9-7-13(11-22)25-17)10-16(18)21-19(23)14-4-2-3-5-15(14)20/h2-10,22H,11H2,1H3,(H,21,23). The highest BCUT2D eigenvalue weighted by Gasteiger charge is 2.14. The Morgan fingerprint density at radius 2 is 2.00 bits per heavy atom. The highest BCUT2D eigenvalue weighted by molar-refractivity contribution is 14.1. The van der Waals surface area contributed by atoms with Crippen LogP contribution in [0.4, 0.5) is 5.69 Å². The quantitative estimate of drug-likeness (QED) is 0.570. The van der Waals surface area contributed by atoms with Gasteiger partial charge in [0.2, 0.25) is 0 Å². The third-order valence-electron chi connectivity index (χ3n) is 3.67. The lowest BCUT2D eigenvalue weighted by Crippen LogP contribution is -2.14. The first-order valence-corrected chi connectivity index (χ1v) is 8.64. The molecule has 1 heterocycles. The molecule has 0 spiro atoms. The second kappa shape index (κ2) is 7.71. The smallest absolute Gasteiger partial charge is 0.256 e. The maximum atomic E-state index is 12.6. The largest absolute Gasteiger partial charge is 0.495 e. The number of halogens is 1. The summed E-state index contributed by atoms with van der Waals surface area (Å²) >= 11 is 2.13. The first kappa shape index (κ1) is 17.5. The molecule has 25 heavy (non-hydrogen) atoms. The Balaban J connectivity index is 1.93. The van der Waals surface area contributed by atoms with Gasteiger partial charge in [-0.25, -0.2) is 0 Å². The Bertz CT molecular complexity index is 904. The molecule has 0 radical (unpaired) electrons. The van der Waals surface area contributed by atoms with Gasteiger partial charge in [0.15, 0.2) is 0 Å². The number of methoxy groups -OCH3 is 1. The van der Waals surface area contributed by atoms with Gasteiger partial charge in [0.05, 0.1) is 18.4 Å². The Morgan fingerprint density at radius 1 is 1.20 bits per heavy atom. The molecule has 5 nitrogen and oxygen atoms in total. The van der Waals surface area contributed by atoms with Crippen molar-refractivity contribution in [3.05, 3.63) is 69.5 Å². The molecule has 0 saturated heterocycles. The molecule has 3 aromatic rings. The molecule has 6 heteroatoms. The predicted molar refractivity (Wildman–Crippen MR) is 104 cm³/mol. The molecule has 0 bridgehead atoms. The van der Waals surface area contributed by atoms with Crippen molar-refractivity contribution in [3.63, 3.8) is 0 Å². The van der Waals surface area contributed by atoms with Crippen LogP contribution in [0, 0.1) is 3.57 Å². The number of furan rings is 1. The Hall–Kier alpha value is -2.32. The third kappa shape index (κ3) is 3.85. The number of hydrogen-bond donors (Lipinski definition) is 2. The molecule has 2 aromatic carbocycles. The molecular formula is C19H16INO4. The lowest BCUT2D eigenvalue weighted by molar-refractivity contribution is 0.102. The van der Waals surface area contributed by atoms with E-state index in [-0.39, 0.29) is 12.5 Å². The lowest BCUT2D eigenvalue weighted by Gasteiger charge is -2.12. The van der Waals surface area contributed by atoms with Crippen LogP contribution in [0.15, 0.2) is 59.0 Å². The molecular weight excluding hydrogens is 433 g/mol. The van der Waals surface area contributed by atoms with E-state index in [1.165, 1.54) is 0 Å². The SMILES string of the molecule is COc1ccc(-c2ccc(CO)o2)cc1NC(=O)c1ccccc1I. The number of carbonyl (C=O) groups excluding carboxylic acids is 1. The zero-order valence-corrected chi connectivity index (χ0v) is 15.6. The van der Waals surface area contributed by atoms with Crippen LogP contribution in [0.5, 0.6) is 5.75 Å². The number of carbonyl (C=O) groups is 1. The minimum atomic E-state index is -0.212. The summed E-state index contributed by atoms with van der Waals surface area (Å²) in [5, 5.41) is 12.0. The topological polar surface area (TPSA) is 71.7 Å². The summed E-state index contributed by atoms with van der Waals surface area (Å²) in [6.45, 7) is -0.161. The maximum Gasteiger partial charge on any atom is 0.256 e. The van der Waals surface area contributed by atoms with Gasteiger partial charge in [-0.05, 0) is 65.1 Å². The third-order valence-corrected chi connectivity index (χ3v) is 4.61. The minimum Gasteiger partial charge on any atom is -0.495 e. The van der Waals surface area contributed by atoms with E-state index in [1.54, 1.807) is 37.4 Å². The van der Waals surface area contributed by atoms with E-state index >= 15 is 0 Å². The van der Waals surface area contributed by atoms with E-state index in [0.717, 1.165) is 9.13 Å². The number of nitrogens with one attached hydrogen (secondary N) is 1. The predicted octanol–water partition coefficient (Wildman–Crippen LogP) is 4.30. The van der Waals surface area contributed by atoms with E-state index < -0.39 is 0 Å². The molecule has 0 saturated carbocycles. The van der Waals surface area contributed by atoms with Crippen molar-refractivity contribution in [1.82, 2.24) is 0 Å². The zero-order chi connectivity index (χ0) is 17.8. The van der Waals surface area contributed by atoms with Gasteiger partial charge in [-0.3, -0.25) is 4.79 Å². The fourth-order valence-electron chi connectivity index (χ4n) is 2.41. The molecule has 0 aliphatic carbocycles. The van der Waals surface area contributed by atoms with Crippen molar-refractivity contribution < 1.29 is 19.1 Å². The fourth-order valence-corrected chi connectivity index (χ4v) is 3.04. The Morgan fingerprint density at radius 3 is 2.68 bits per heavy atom. The average Bonchev–Trinajstić information content (AvgIpc) is 3.11. The van der Waals surface area contributed by atoms with Gasteiger partial charge in [0.25, 0.3) is 5.91 Å². The summed E-state index contributed by atoms with van der Waals surface area (Å²) in [5.41, 5.74) is 1.92. The lowest BCUT2D eigenvalue weighted by atomic mass is 10.1. The number of rotatable bonds is 5. The molecule has 0 unspecified atom stereocenters. The van der Waals surface area contributed by atoms with Crippen molar-refractivity contribution in [2.24, 2.45) is 0 Å². The summed E-state index contributed by atoms with van der Waals surface area (Å²) in [4.78, 5) is 12.6. The second-order valence-electron chi connectivity index (χ2n) is 5.27. The summed E-state index contributed by atoms with van der Waals surface area (Å²) in [7, 11) is 1.55. The molecule has 3 rings (SSSR count). The van der Waals surface area contributed by atoms with Crippen LogP contribution in [0.2, 0.25) is 0 Å². The van der Waals surface area contributed by atoms with Crippen LogP contribution in [0.1, 0.15) is 16.1 Å². The molecule has 0 aliphatic rings. The number of aliphatic hydroxyl groups is 1. The number of hydrogen-bond acceptors (Lipinski definition) is 4. The van der Waals surface area contributed by atoms with Crippen LogP contribution in [-0.2, 0) is 6.61 Å². The number of anilines is 1. The van der Waals surface area contributed by atoms with Crippen molar-refractivity contribution in [1.29, 1.82) is 0 Å². The molecule has 2 N–H and O–H groups in total. The van der Waals surface area contributed by atoms with E-state index in [1.807, 2.05) is 24.3 Å². The summed E-state index contributed by atoms with van der Waals surface area (Å²) in [5.74, 6) is 1.43. The van der Waals surface area contributed by atoms with Gasteiger partial charge < -0.3 is 19.6 Å². The van der Waals surface area contributed by atoms with Crippen molar-refractivity contribution in [3.8, 4) is 17.1 Å². The van der Waals surface area contributed by atoms with E-state index in [2.05, 4.69) is 27.9 Å². The van der Waals surface area contributed by atoms with Crippen LogP contribution in [-0.4, -0.2) is 18.1 Å². The monoisotopic (exact) mass is 449 g/mol. The molecule has 1 aromatic heterocycles. The zero-order valence-electron chi connectivity index (χ0n) is 13.5. The maximum absolute atomic E-state index is 12.6. The Labute approximate surface area is 158 Å². The van der Waals surface area contributed by atoms with Gasteiger partial charge in [0.1, 0.15) is 23.9 Å². The molecule has 128 valence electrons. The summed E-state index contributed by atoms with van der Waals surface area (Å²) in [6.07, 6.45) is 0.